The van der Waals surface area contributed by atoms with Crippen molar-refractivity contribution in [1.82, 2.24) is 15.0 Å². The van der Waals surface area contributed by atoms with E-state index in [1.165, 1.54) is 0 Å². The van der Waals surface area contributed by atoms with E-state index in [1.807, 2.05) is 24.7 Å². The molecule has 0 bridgehead atoms. The zero-order valence-corrected chi connectivity index (χ0v) is 8.78. The fourth-order valence-electron chi connectivity index (χ4n) is 1.06. The third-order valence-corrected chi connectivity index (χ3v) is 1.75. The van der Waals surface area contributed by atoms with Crippen molar-refractivity contribution >= 4 is 0 Å². The van der Waals surface area contributed by atoms with E-state index >= 15 is 0 Å². The van der Waals surface area contributed by atoms with Gasteiger partial charge in [-0.15, -0.1) is 5.10 Å². The van der Waals surface area contributed by atoms with Crippen LogP contribution in [0.3, 0.4) is 0 Å². The van der Waals surface area contributed by atoms with Crippen molar-refractivity contribution in [2.45, 2.75) is 39.8 Å². The van der Waals surface area contributed by atoms with Gasteiger partial charge in [0.1, 0.15) is 5.69 Å². The van der Waals surface area contributed by atoms with Gasteiger partial charge in [0.15, 0.2) is 0 Å². The molecule has 0 amide bonds. The Morgan fingerprint density at radius 1 is 1.54 bits per heavy atom. The monoisotopic (exact) mass is 182 g/mol. The number of rotatable bonds is 3. The van der Waals surface area contributed by atoms with Gasteiger partial charge in [-0.1, -0.05) is 19.1 Å². The van der Waals surface area contributed by atoms with Gasteiger partial charge in [0.05, 0.1) is 11.7 Å². The molecule has 13 heavy (non-hydrogen) atoms. The van der Waals surface area contributed by atoms with Crippen molar-refractivity contribution in [2.75, 3.05) is 0 Å². The minimum Gasteiger partial charge on any atom is -0.320 e. The molecule has 0 saturated heterocycles. The number of hydrogen-bond acceptors (Lipinski definition) is 3. The normalized spacial score (nSPS) is 12.5. The number of hydrogen-bond donors (Lipinski definition) is 1. The molecule has 2 N–H and O–H groups in total. The van der Waals surface area contributed by atoms with Crippen molar-refractivity contribution in [3.05, 3.63) is 11.9 Å². The first-order chi connectivity index (χ1) is 5.89. The van der Waals surface area contributed by atoms with E-state index < -0.39 is 5.54 Å². The van der Waals surface area contributed by atoms with E-state index in [0.29, 0.717) is 5.92 Å². The second-order valence-corrected chi connectivity index (χ2v) is 4.44. The van der Waals surface area contributed by atoms with Crippen LogP contribution < -0.4 is 5.73 Å². The average Bonchev–Trinajstić information content (AvgIpc) is 2.32. The molecule has 1 heterocycles. The lowest BCUT2D eigenvalue weighted by atomic mass is 10.0. The van der Waals surface area contributed by atoms with Crippen molar-refractivity contribution in [3.63, 3.8) is 0 Å². The summed E-state index contributed by atoms with van der Waals surface area (Å²) in [6.45, 7) is 9.04. The zero-order valence-electron chi connectivity index (χ0n) is 8.78. The van der Waals surface area contributed by atoms with Crippen LogP contribution in [0, 0.1) is 5.92 Å². The smallest absolute Gasteiger partial charge is 0.102 e. The maximum atomic E-state index is 5.89. The Morgan fingerprint density at radius 2 is 2.15 bits per heavy atom. The van der Waals surface area contributed by atoms with Gasteiger partial charge in [-0.25, -0.2) is 0 Å². The van der Waals surface area contributed by atoms with Crippen LogP contribution in [-0.4, -0.2) is 15.0 Å². The molecule has 1 aromatic rings. The molecule has 0 aliphatic carbocycles. The highest BCUT2D eigenvalue weighted by atomic mass is 15.4. The second-order valence-electron chi connectivity index (χ2n) is 4.44. The van der Waals surface area contributed by atoms with E-state index in [1.54, 1.807) is 0 Å². The van der Waals surface area contributed by atoms with E-state index in [9.17, 15) is 0 Å². The molecule has 0 fully saturated rings. The molecular weight excluding hydrogens is 164 g/mol. The van der Waals surface area contributed by atoms with Crippen LogP contribution in [0.25, 0.3) is 0 Å². The summed E-state index contributed by atoms with van der Waals surface area (Å²) in [6.07, 6.45) is 1.92. The molecule has 0 radical (unpaired) electrons. The van der Waals surface area contributed by atoms with Crippen LogP contribution in [-0.2, 0) is 12.1 Å². The standard InChI is InChI=1S/C9H18N4/c1-7(2)5-13-6-8(11-12-13)9(3,4)10/h6-7H,5,10H2,1-4H3. The Kier molecular flexibility index (Phi) is 2.71. The molecule has 0 saturated carbocycles. The van der Waals surface area contributed by atoms with Gasteiger partial charge in [-0.05, 0) is 19.8 Å². The lowest BCUT2D eigenvalue weighted by molar-refractivity contribution is 0.472. The van der Waals surface area contributed by atoms with Crippen LogP contribution in [0.5, 0.6) is 0 Å². The topological polar surface area (TPSA) is 56.7 Å². The molecule has 1 rings (SSSR count). The van der Waals surface area contributed by atoms with E-state index in [4.69, 9.17) is 5.73 Å². The average molecular weight is 182 g/mol. The largest absolute Gasteiger partial charge is 0.320 e. The molecule has 4 heteroatoms. The Morgan fingerprint density at radius 3 is 2.54 bits per heavy atom. The molecule has 0 atom stereocenters. The van der Waals surface area contributed by atoms with Crippen molar-refractivity contribution in [3.8, 4) is 0 Å². The summed E-state index contributed by atoms with van der Waals surface area (Å²) in [5.74, 6) is 0.579. The van der Waals surface area contributed by atoms with Crippen molar-refractivity contribution in [2.24, 2.45) is 11.7 Å². The second kappa shape index (κ2) is 3.46. The Balaban J connectivity index is 2.75. The van der Waals surface area contributed by atoms with Crippen LogP contribution in [0.1, 0.15) is 33.4 Å². The van der Waals surface area contributed by atoms with Gasteiger partial charge in [0.25, 0.3) is 0 Å². The molecule has 4 nitrogen and oxygen atoms in total. The summed E-state index contributed by atoms with van der Waals surface area (Å²) in [5, 5.41) is 8.04. The number of aromatic nitrogens is 3. The van der Waals surface area contributed by atoms with Gasteiger partial charge >= 0.3 is 0 Å². The third kappa shape index (κ3) is 2.81. The maximum Gasteiger partial charge on any atom is 0.102 e. The predicted octanol–water partition coefficient (Wildman–Crippen LogP) is 1.13. The summed E-state index contributed by atoms with van der Waals surface area (Å²) < 4.78 is 1.84. The molecular formula is C9H18N4. The fraction of sp³-hybridized carbons (Fsp3) is 0.778. The van der Waals surface area contributed by atoms with Crippen LogP contribution in [0.4, 0.5) is 0 Å². The Bertz CT molecular complexity index is 269. The molecule has 1 aromatic heterocycles. The molecule has 0 unspecified atom stereocenters. The molecule has 0 spiro atoms. The SMILES string of the molecule is CC(C)Cn1cc(C(C)(C)N)nn1. The van der Waals surface area contributed by atoms with Gasteiger partial charge in [-0.2, -0.15) is 0 Å². The minimum atomic E-state index is -0.394. The van der Waals surface area contributed by atoms with Gasteiger partial charge < -0.3 is 5.73 Å². The summed E-state index contributed by atoms with van der Waals surface area (Å²) in [5.41, 5.74) is 6.33. The van der Waals surface area contributed by atoms with E-state index in [2.05, 4.69) is 24.2 Å². The van der Waals surface area contributed by atoms with Crippen molar-refractivity contribution < 1.29 is 0 Å². The third-order valence-electron chi connectivity index (χ3n) is 1.75. The summed E-state index contributed by atoms with van der Waals surface area (Å²) in [7, 11) is 0. The van der Waals surface area contributed by atoms with Crippen LogP contribution in [0.2, 0.25) is 0 Å². The quantitative estimate of drug-likeness (QED) is 0.762. The van der Waals surface area contributed by atoms with Gasteiger partial charge in [0, 0.05) is 6.54 Å². The van der Waals surface area contributed by atoms with Crippen molar-refractivity contribution in [1.29, 1.82) is 0 Å². The molecule has 74 valence electrons. The first-order valence-electron chi connectivity index (χ1n) is 4.59. The predicted molar refractivity (Wildman–Crippen MR) is 52.1 cm³/mol. The first-order valence-corrected chi connectivity index (χ1v) is 4.59. The lowest BCUT2D eigenvalue weighted by Crippen LogP contribution is -2.29. The zero-order chi connectivity index (χ0) is 10.1. The lowest BCUT2D eigenvalue weighted by Gasteiger charge is -2.13. The molecule has 0 aliphatic rings. The molecule has 0 aromatic carbocycles. The first kappa shape index (κ1) is 10.2. The Labute approximate surface area is 79.1 Å². The highest BCUT2D eigenvalue weighted by molar-refractivity contribution is 5.05. The maximum absolute atomic E-state index is 5.89. The van der Waals surface area contributed by atoms with Crippen LogP contribution >= 0.6 is 0 Å². The summed E-state index contributed by atoms with van der Waals surface area (Å²) in [4.78, 5) is 0. The summed E-state index contributed by atoms with van der Waals surface area (Å²) in [6, 6.07) is 0. The fourth-order valence-corrected chi connectivity index (χ4v) is 1.06. The van der Waals surface area contributed by atoms with E-state index in [0.717, 1.165) is 12.2 Å². The summed E-state index contributed by atoms with van der Waals surface area (Å²) >= 11 is 0. The highest BCUT2D eigenvalue weighted by Crippen LogP contribution is 2.12. The minimum absolute atomic E-state index is 0.394. The number of nitrogens with zero attached hydrogens (tertiary/aromatic N) is 3. The van der Waals surface area contributed by atoms with E-state index in [-0.39, 0.29) is 0 Å². The number of nitrogens with two attached hydrogens (primary N) is 1. The van der Waals surface area contributed by atoms with Crippen LogP contribution in [0.15, 0.2) is 6.20 Å². The highest BCUT2D eigenvalue weighted by Gasteiger charge is 2.18. The molecule has 0 aliphatic heterocycles. The van der Waals surface area contributed by atoms with Gasteiger partial charge in [-0.3, -0.25) is 4.68 Å². The Hall–Kier alpha value is -0.900. The van der Waals surface area contributed by atoms with Gasteiger partial charge in [0.2, 0.25) is 0 Å².